The fourth-order valence-electron chi connectivity index (χ4n) is 8.18. The molecule has 0 radical (unpaired) electrons. The van der Waals surface area contributed by atoms with Crippen molar-refractivity contribution in [2.75, 3.05) is 4.90 Å². The molecule has 0 saturated heterocycles. The van der Waals surface area contributed by atoms with E-state index in [1.165, 1.54) is 5.56 Å². The number of para-hydroxylation sites is 1. The molecule has 4 heteroatoms. The van der Waals surface area contributed by atoms with Gasteiger partial charge in [0.25, 0.3) is 0 Å². The Bertz CT molecular complexity index is 3080. The van der Waals surface area contributed by atoms with E-state index in [4.69, 9.17) is 13.6 Å². The summed E-state index contributed by atoms with van der Waals surface area (Å²) in [6, 6.07) is 63.5. The summed E-state index contributed by atoms with van der Waals surface area (Å²) in [5, 5.41) is 4.22. The lowest BCUT2D eigenvalue weighted by Gasteiger charge is -2.26. The summed E-state index contributed by atoms with van der Waals surface area (Å²) in [5.41, 5.74) is 14.1. The van der Waals surface area contributed by atoms with Crippen molar-refractivity contribution in [3.05, 3.63) is 200 Å². The zero-order chi connectivity index (χ0) is 36.5. The van der Waals surface area contributed by atoms with Gasteiger partial charge in [0.15, 0.2) is 0 Å². The van der Waals surface area contributed by atoms with Gasteiger partial charge >= 0.3 is 0 Å². The van der Waals surface area contributed by atoms with E-state index >= 15 is 0 Å². The van der Waals surface area contributed by atoms with Crippen molar-refractivity contribution in [1.29, 1.82) is 0 Å². The summed E-state index contributed by atoms with van der Waals surface area (Å²) < 4.78 is 19.4. The van der Waals surface area contributed by atoms with E-state index in [0.717, 1.165) is 100 Å². The van der Waals surface area contributed by atoms with Crippen molar-refractivity contribution >= 4 is 66.5 Å². The number of ether oxygens (including phenoxy) is 1. The molecule has 0 fully saturated rings. The standard InChI is InChI=1S/C51H33NO3/c1-32-41-26-28-47-49(51(41)55-50(32)35-13-6-3-7-14-35)44-30-37(21-27-46(44)53-47)34-19-22-38(23-20-34)52(39-16-10-15-36(29-39)33-11-4-2-5-12-33)40-24-25-43-42-17-8-9-18-45(42)54-48(43)31-40/h2-31,50H,1H2. The van der Waals surface area contributed by atoms with Gasteiger partial charge in [-0.3, -0.25) is 0 Å². The third-order valence-electron chi connectivity index (χ3n) is 10.9. The van der Waals surface area contributed by atoms with Gasteiger partial charge in [0.2, 0.25) is 0 Å². The Hall–Kier alpha value is -7.30. The zero-order valence-corrected chi connectivity index (χ0v) is 29.8. The summed E-state index contributed by atoms with van der Waals surface area (Å²) in [5.74, 6) is 0.831. The lowest BCUT2D eigenvalue weighted by atomic mass is 9.97. The van der Waals surface area contributed by atoms with Crippen molar-refractivity contribution in [3.8, 4) is 28.0 Å². The predicted octanol–water partition coefficient (Wildman–Crippen LogP) is 14.4. The fourth-order valence-corrected chi connectivity index (χ4v) is 8.18. The summed E-state index contributed by atoms with van der Waals surface area (Å²) in [6.45, 7) is 4.44. The zero-order valence-electron chi connectivity index (χ0n) is 29.8. The Labute approximate surface area is 317 Å². The molecule has 1 aliphatic heterocycles. The van der Waals surface area contributed by atoms with Gasteiger partial charge in [-0.05, 0) is 94.5 Å². The van der Waals surface area contributed by atoms with E-state index in [9.17, 15) is 0 Å². The third-order valence-corrected chi connectivity index (χ3v) is 10.9. The molecule has 1 unspecified atom stereocenters. The number of hydrogen-bond acceptors (Lipinski definition) is 4. The monoisotopic (exact) mass is 707 g/mol. The topological polar surface area (TPSA) is 38.8 Å². The van der Waals surface area contributed by atoms with Gasteiger partial charge in [0.05, 0.1) is 5.39 Å². The van der Waals surface area contributed by atoms with E-state index in [0.29, 0.717) is 0 Å². The fraction of sp³-hybridized carbons (Fsp3) is 0.0196. The minimum absolute atomic E-state index is 0.230. The van der Waals surface area contributed by atoms with Crippen molar-refractivity contribution in [2.45, 2.75) is 6.10 Å². The maximum Gasteiger partial charge on any atom is 0.149 e. The highest BCUT2D eigenvalue weighted by molar-refractivity contribution is 6.12. The Balaban J connectivity index is 1.00. The molecule has 0 aliphatic carbocycles. The van der Waals surface area contributed by atoms with E-state index in [1.54, 1.807) is 0 Å². The molecule has 260 valence electrons. The molecule has 0 spiro atoms. The van der Waals surface area contributed by atoms with Crippen molar-refractivity contribution in [2.24, 2.45) is 0 Å². The molecule has 3 heterocycles. The van der Waals surface area contributed by atoms with E-state index in [-0.39, 0.29) is 6.10 Å². The first-order chi connectivity index (χ1) is 27.2. The van der Waals surface area contributed by atoms with Crippen LogP contribution in [0.1, 0.15) is 17.2 Å². The number of benzene rings is 8. The van der Waals surface area contributed by atoms with Crippen LogP contribution in [-0.4, -0.2) is 0 Å². The molecule has 1 atom stereocenters. The van der Waals surface area contributed by atoms with E-state index in [2.05, 4.69) is 157 Å². The van der Waals surface area contributed by atoms with Crippen LogP contribution >= 0.6 is 0 Å². The van der Waals surface area contributed by atoms with E-state index < -0.39 is 0 Å². The van der Waals surface area contributed by atoms with Gasteiger partial charge in [-0.25, -0.2) is 0 Å². The second-order valence-corrected chi connectivity index (χ2v) is 14.1. The minimum Gasteiger partial charge on any atom is -0.480 e. The molecule has 0 bridgehead atoms. The SMILES string of the molecule is C=C1c2ccc3oc4ccc(-c5ccc(N(c6cccc(-c7ccccc7)c6)c6ccc7c(c6)oc6ccccc67)cc5)cc4c3c2OC1c1ccccc1. The summed E-state index contributed by atoms with van der Waals surface area (Å²) in [4.78, 5) is 2.30. The Morgan fingerprint density at radius 1 is 0.418 bits per heavy atom. The average Bonchev–Trinajstić information content (AvgIpc) is 3.92. The second kappa shape index (κ2) is 12.4. The Morgan fingerprint density at radius 2 is 1.04 bits per heavy atom. The van der Waals surface area contributed by atoms with Gasteiger partial charge in [0, 0.05) is 50.4 Å². The minimum atomic E-state index is -0.230. The Morgan fingerprint density at radius 3 is 1.89 bits per heavy atom. The van der Waals surface area contributed by atoms with Gasteiger partial charge in [0.1, 0.15) is 34.2 Å². The van der Waals surface area contributed by atoms with Crippen LogP contribution in [0, 0.1) is 0 Å². The lowest BCUT2D eigenvalue weighted by molar-refractivity contribution is 0.287. The molecule has 55 heavy (non-hydrogen) atoms. The summed E-state index contributed by atoms with van der Waals surface area (Å²) in [6.07, 6.45) is -0.230. The molecule has 1 aliphatic rings. The van der Waals surface area contributed by atoms with Crippen LogP contribution in [0.15, 0.2) is 197 Å². The second-order valence-electron chi connectivity index (χ2n) is 14.1. The first-order valence-electron chi connectivity index (χ1n) is 18.5. The van der Waals surface area contributed by atoms with Gasteiger partial charge < -0.3 is 18.5 Å². The first-order valence-corrected chi connectivity index (χ1v) is 18.5. The van der Waals surface area contributed by atoms with Crippen molar-refractivity contribution in [3.63, 3.8) is 0 Å². The number of fused-ring (bicyclic) bond motifs is 8. The average molecular weight is 708 g/mol. The highest BCUT2D eigenvalue weighted by Gasteiger charge is 2.31. The number of hydrogen-bond donors (Lipinski definition) is 0. The van der Waals surface area contributed by atoms with Crippen LogP contribution in [0.3, 0.4) is 0 Å². The molecule has 4 nitrogen and oxygen atoms in total. The highest BCUT2D eigenvalue weighted by Crippen LogP contribution is 2.50. The van der Waals surface area contributed by atoms with Crippen LogP contribution in [0.25, 0.3) is 71.7 Å². The molecule has 0 saturated carbocycles. The van der Waals surface area contributed by atoms with Crippen LogP contribution < -0.4 is 9.64 Å². The number of rotatable bonds is 6. The molecular formula is C51H33NO3. The van der Waals surface area contributed by atoms with Crippen molar-refractivity contribution < 1.29 is 13.6 Å². The van der Waals surface area contributed by atoms with Crippen LogP contribution in [0.5, 0.6) is 5.75 Å². The molecule has 8 aromatic carbocycles. The Kier molecular flexibility index (Phi) is 7.04. The smallest absolute Gasteiger partial charge is 0.149 e. The maximum absolute atomic E-state index is 6.67. The predicted molar refractivity (Wildman–Crippen MR) is 225 cm³/mol. The van der Waals surface area contributed by atoms with Gasteiger partial charge in [-0.1, -0.05) is 116 Å². The lowest BCUT2D eigenvalue weighted by Crippen LogP contribution is -2.10. The van der Waals surface area contributed by atoms with Crippen LogP contribution in [0.2, 0.25) is 0 Å². The molecule has 0 N–H and O–H groups in total. The quantitative estimate of drug-likeness (QED) is 0.172. The maximum atomic E-state index is 6.67. The summed E-state index contributed by atoms with van der Waals surface area (Å²) in [7, 11) is 0. The molecule has 10 aromatic rings. The molecule has 11 rings (SSSR count). The normalized spacial score (nSPS) is 13.8. The number of furan rings is 2. The van der Waals surface area contributed by atoms with Crippen LogP contribution in [0.4, 0.5) is 17.1 Å². The molecule has 0 amide bonds. The number of anilines is 3. The first kappa shape index (κ1) is 31.2. The third kappa shape index (κ3) is 5.14. The number of nitrogens with zero attached hydrogens (tertiary/aromatic N) is 1. The van der Waals surface area contributed by atoms with Crippen LogP contribution in [-0.2, 0) is 0 Å². The molecule has 2 aromatic heterocycles. The molecular weight excluding hydrogens is 675 g/mol. The largest absolute Gasteiger partial charge is 0.480 e. The van der Waals surface area contributed by atoms with Crippen molar-refractivity contribution in [1.82, 2.24) is 0 Å². The van der Waals surface area contributed by atoms with E-state index in [1.807, 2.05) is 36.4 Å². The van der Waals surface area contributed by atoms with Gasteiger partial charge in [-0.2, -0.15) is 0 Å². The van der Waals surface area contributed by atoms with Gasteiger partial charge in [-0.15, -0.1) is 0 Å². The highest BCUT2D eigenvalue weighted by atomic mass is 16.5. The summed E-state index contributed by atoms with van der Waals surface area (Å²) >= 11 is 0.